The maximum absolute atomic E-state index is 13.3. The van der Waals surface area contributed by atoms with E-state index in [2.05, 4.69) is 15.3 Å². The normalized spacial score (nSPS) is 12.0. The molecule has 0 saturated carbocycles. The number of aromatic nitrogens is 3. The monoisotopic (exact) mass is 462 g/mol. The molecule has 7 nitrogen and oxygen atoms in total. The molecule has 2 aromatic heterocycles. The largest absolute Gasteiger partial charge is 0.497 e. The van der Waals surface area contributed by atoms with E-state index in [4.69, 9.17) is 4.74 Å². The van der Waals surface area contributed by atoms with E-state index in [0.717, 1.165) is 22.6 Å². The SMILES string of the molecule is COc1ccc([C@H](C)NC(=O)CSc2nc3cc(C)[nH]c3c(=O)n2-c2ccc(C)cc2)cc1. The third kappa shape index (κ3) is 4.96. The van der Waals surface area contributed by atoms with Crippen LogP contribution in [0.4, 0.5) is 0 Å². The van der Waals surface area contributed by atoms with Crippen LogP contribution in [0.15, 0.2) is 64.5 Å². The lowest BCUT2D eigenvalue weighted by Crippen LogP contribution is -2.29. The summed E-state index contributed by atoms with van der Waals surface area (Å²) in [5.74, 6) is 0.759. The smallest absolute Gasteiger partial charge is 0.283 e. The summed E-state index contributed by atoms with van der Waals surface area (Å²) in [6.07, 6.45) is 0. The summed E-state index contributed by atoms with van der Waals surface area (Å²) in [5.41, 5.74) is 4.50. The van der Waals surface area contributed by atoms with E-state index in [1.54, 1.807) is 11.7 Å². The second-order valence-electron chi connectivity index (χ2n) is 7.93. The summed E-state index contributed by atoms with van der Waals surface area (Å²) in [6.45, 7) is 5.81. The van der Waals surface area contributed by atoms with Gasteiger partial charge in [0.05, 0.1) is 30.1 Å². The number of H-pyrrole nitrogens is 1. The molecular formula is C25H26N4O3S. The number of hydrogen-bond acceptors (Lipinski definition) is 5. The molecule has 0 fully saturated rings. The number of carbonyl (C=O) groups excluding carboxylic acids is 1. The maximum atomic E-state index is 13.3. The van der Waals surface area contributed by atoms with Gasteiger partial charge in [-0.3, -0.25) is 14.2 Å². The predicted molar refractivity (Wildman–Crippen MR) is 131 cm³/mol. The number of fused-ring (bicyclic) bond motifs is 1. The Morgan fingerprint density at radius 3 is 2.52 bits per heavy atom. The highest BCUT2D eigenvalue weighted by molar-refractivity contribution is 7.99. The standard InChI is InChI=1S/C25H26N4O3S/c1-15-5-9-19(10-6-15)29-24(31)23-21(13-16(2)26-23)28-25(29)33-14-22(30)27-17(3)18-7-11-20(32-4)12-8-18/h5-13,17,26H,14H2,1-4H3,(H,27,30)/t17-/m0/s1. The van der Waals surface area contributed by atoms with E-state index in [-0.39, 0.29) is 23.3 Å². The van der Waals surface area contributed by atoms with Crippen LogP contribution in [0, 0.1) is 13.8 Å². The third-order valence-electron chi connectivity index (χ3n) is 5.37. The number of methoxy groups -OCH3 is 1. The van der Waals surface area contributed by atoms with Crippen molar-refractivity contribution < 1.29 is 9.53 Å². The molecule has 170 valence electrons. The van der Waals surface area contributed by atoms with Crippen LogP contribution in [0.25, 0.3) is 16.7 Å². The molecule has 0 spiro atoms. The van der Waals surface area contributed by atoms with Crippen LogP contribution in [0.5, 0.6) is 5.75 Å². The van der Waals surface area contributed by atoms with Gasteiger partial charge in [0.15, 0.2) is 5.16 Å². The van der Waals surface area contributed by atoms with Crippen molar-refractivity contribution in [2.45, 2.75) is 32.0 Å². The highest BCUT2D eigenvalue weighted by atomic mass is 32.2. The van der Waals surface area contributed by atoms with Gasteiger partial charge in [-0.2, -0.15) is 0 Å². The van der Waals surface area contributed by atoms with E-state index >= 15 is 0 Å². The second-order valence-corrected chi connectivity index (χ2v) is 8.88. The summed E-state index contributed by atoms with van der Waals surface area (Å²) in [4.78, 5) is 33.7. The van der Waals surface area contributed by atoms with Crippen LogP contribution in [-0.4, -0.2) is 33.3 Å². The van der Waals surface area contributed by atoms with Crippen molar-refractivity contribution in [3.05, 3.63) is 81.8 Å². The predicted octanol–water partition coefficient (Wildman–Crippen LogP) is 4.31. The number of aromatic amines is 1. The molecule has 0 aliphatic heterocycles. The Hall–Kier alpha value is -3.52. The first-order valence-electron chi connectivity index (χ1n) is 10.6. The molecule has 1 atom stereocenters. The summed E-state index contributed by atoms with van der Waals surface area (Å²) < 4.78 is 6.74. The molecule has 8 heteroatoms. The molecule has 2 N–H and O–H groups in total. The number of rotatable bonds is 7. The Bertz CT molecular complexity index is 1340. The van der Waals surface area contributed by atoms with Crippen LogP contribution in [-0.2, 0) is 4.79 Å². The molecule has 1 amide bonds. The van der Waals surface area contributed by atoms with Crippen LogP contribution >= 0.6 is 11.8 Å². The first kappa shape index (κ1) is 22.7. The van der Waals surface area contributed by atoms with Gasteiger partial charge in [-0.1, -0.05) is 41.6 Å². The van der Waals surface area contributed by atoms with Crippen LogP contribution in [0.3, 0.4) is 0 Å². The van der Waals surface area contributed by atoms with Crippen molar-refractivity contribution >= 4 is 28.7 Å². The summed E-state index contributed by atoms with van der Waals surface area (Å²) in [5, 5.41) is 3.48. The third-order valence-corrected chi connectivity index (χ3v) is 6.31. The van der Waals surface area contributed by atoms with E-state index in [1.807, 2.05) is 75.4 Å². The Kier molecular flexibility index (Phi) is 6.55. The van der Waals surface area contributed by atoms with Gasteiger partial charge in [0.1, 0.15) is 11.3 Å². The fourth-order valence-corrected chi connectivity index (χ4v) is 4.41. The number of benzene rings is 2. The van der Waals surface area contributed by atoms with Crippen LogP contribution in [0.1, 0.15) is 29.8 Å². The number of ether oxygens (including phenoxy) is 1. The highest BCUT2D eigenvalue weighted by Gasteiger charge is 2.17. The average Bonchev–Trinajstić information content (AvgIpc) is 3.19. The fourth-order valence-electron chi connectivity index (χ4n) is 3.58. The lowest BCUT2D eigenvalue weighted by atomic mass is 10.1. The highest BCUT2D eigenvalue weighted by Crippen LogP contribution is 2.23. The van der Waals surface area contributed by atoms with Gasteiger partial charge in [-0.15, -0.1) is 0 Å². The zero-order valence-corrected chi connectivity index (χ0v) is 19.8. The average molecular weight is 463 g/mol. The summed E-state index contributed by atoms with van der Waals surface area (Å²) in [7, 11) is 1.62. The second kappa shape index (κ2) is 9.54. The molecule has 0 aliphatic rings. The number of thioether (sulfide) groups is 1. The lowest BCUT2D eigenvalue weighted by Gasteiger charge is -2.15. The molecule has 33 heavy (non-hydrogen) atoms. The molecule has 0 unspecified atom stereocenters. The van der Waals surface area contributed by atoms with Crippen molar-refractivity contribution in [2.24, 2.45) is 0 Å². The van der Waals surface area contributed by atoms with Crippen LogP contribution < -0.4 is 15.6 Å². The molecule has 4 rings (SSSR count). The quantitative estimate of drug-likeness (QED) is 0.316. The van der Waals surface area contributed by atoms with Gasteiger partial charge in [0, 0.05) is 5.69 Å². The van der Waals surface area contributed by atoms with Gasteiger partial charge >= 0.3 is 0 Å². The van der Waals surface area contributed by atoms with Crippen LogP contribution in [0.2, 0.25) is 0 Å². The Morgan fingerprint density at radius 1 is 1.15 bits per heavy atom. The van der Waals surface area contributed by atoms with Crippen molar-refractivity contribution in [1.82, 2.24) is 19.9 Å². The van der Waals surface area contributed by atoms with E-state index in [9.17, 15) is 9.59 Å². The number of carbonyl (C=O) groups is 1. The van der Waals surface area contributed by atoms with E-state index in [1.165, 1.54) is 11.8 Å². The minimum Gasteiger partial charge on any atom is -0.497 e. The molecule has 0 saturated heterocycles. The van der Waals surface area contributed by atoms with Gasteiger partial charge < -0.3 is 15.0 Å². The number of amides is 1. The zero-order valence-electron chi connectivity index (χ0n) is 19.0. The number of nitrogens with zero attached hydrogens (tertiary/aromatic N) is 2. The van der Waals surface area contributed by atoms with Gasteiger partial charge in [0.25, 0.3) is 5.56 Å². The topological polar surface area (TPSA) is 89.0 Å². The molecular weight excluding hydrogens is 436 g/mol. The van der Waals surface area contributed by atoms with Crippen molar-refractivity contribution in [3.63, 3.8) is 0 Å². The first-order valence-corrected chi connectivity index (χ1v) is 11.6. The Balaban J connectivity index is 1.57. The fraction of sp³-hybridized carbons (Fsp3) is 0.240. The van der Waals surface area contributed by atoms with Crippen molar-refractivity contribution in [2.75, 3.05) is 12.9 Å². The summed E-state index contributed by atoms with van der Waals surface area (Å²) in [6, 6.07) is 16.9. The van der Waals surface area contributed by atoms with Gasteiger partial charge in [-0.05, 0) is 56.7 Å². The van der Waals surface area contributed by atoms with E-state index in [0.29, 0.717) is 21.9 Å². The minimum absolute atomic E-state index is 0.133. The van der Waals surface area contributed by atoms with Gasteiger partial charge in [0.2, 0.25) is 5.91 Å². The summed E-state index contributed by atoms with van der Waals surface area (Å²) >= 11 is 1.24. The molecule has 0 aliphatic carbocycles. The number of aryl methyl sites for hydroxylation is 2. The molecule has 0 radical (unpaired) electrons. The Labute approximate surface area is 196 Å². The first-order chi connectivity index (χ1) is 15.9. The molecule has 0 bridgehead atoms. The van der Waals surface area contributed by atoms with Crippen molar-refractivity contribution in [1.29, 1.82) is 0 Å². The molecule has 2 heterocycles. The number of nitrogens with one attached hydrogen (secondary N) is 2. The molecule has 2 aromatic carbocycles. The minimum atomic E-state index is -0.188. The molecule has 4 aromatic rings. The number of hydrogen-bond donors (Lipinski definition) is 2. The van der Waals surface area contributed by atoms with Gasteiger partial charge in [-0.25, -0.2) is 4.98 Å². The maximum Gasteiger partial charge on any atom is 0.283 e. The Morgan fingerprint density at radius 2 is 1.85 bits per heavy atom. The lowest BCUT2D eigenvalue weighted by molar-refractivity contribution is -0.119. The zero-order chi connectivity index (χ0) is 23.5. The van der Waals surface area contributed by atoms with Crippen molar-refractivity contribution in [3.8, 4) is 11.4 Å². The van der Waals surface area contributed by atoms with E-state index < -0.39 is 0 Å².